The molecule has 4 rings (SSSR count). The van der Waals surface area contributed by atoms with E-state index in [4.69, 9.17) is 4.74 Å². The van der Waals surface area contributed by atoms with Gasteiger partial charge in [0.05, 0.1) is 12.0 Å². The van der Waals surface area contributed by atoms with Crippen molar-refractivity contribution in [1.82, 2.24) is 24.9 Å². The predicted molar refractivity (Wildman–Crippen MR) is 105 cm³/mol. The summed E-state index contributed by atoms with van der Waals surface area (Å²) < 4.78 is 6.58. The van der Waals surface area contributed by atoms with Crippen LogP contribution in [0.1, 0.15) is 48.3 Å². The predicted octanol–water partition coefficient (Wildman–Crippen LogP) is 2.87. The van der Waals surface area contributed by atoms with Crippen molar-refractivity contribution in [1.29, 1.82) is 0 Å². The third-order valence-corrected chi connectivity index (χ3v) is 6.57. The van der Waals surface area contributed by atoms with Crippen molar-refractivity contribution >= 4 is 33.1 Å². The summed E-state index contributed by atoms with van der Waals surface area (Å²) in [7, 11) is 1.60. The Bertz CT molecular complexity index is 1000. The number of carbonyl (C=O) groups is 1. The number of methoxy groups -OCH3 is 1. The van der Waals surface area contributed by atoms with Gasteiger partial charge in [-0.25, -0.2) is 14.5 Å². The lowest BCUT2D eigenvalue weighted by Gasteiger charge is -2.33. The summed E-state index contributed by atoms with van der Waals surface area (Å²) in [6.45, 7) is 7.84. The van der Waals surface area contributed by atoms with E-state index in [9.17, 15) is 4.79 Å². The quantitative estimate of drug-likeness (QED) is 0.696. The lowest BCUT2D eigenvalue weighted by Crippen LogP contribution is -2.27. The van der Waals surface area contributed by atoms with Crippen LogP contribution in [0.15, 0.2) is 6.33 Å². The van der Waals surface area contributed by atoms with E-state index in [-0.39, 0.29) is 11.7 Å². The molecule has 0 saturated carbocycles. The first-order valence-corrected chi connectivity index (χ1v) is 10.1. The SMILES string of the molecule is COCCNC(=O)c1nc2c3c4c(sc3ncn2n1)CC(C(C)(C)C)CC4. The van der Waals surface area contributed by atoms with Crippen LogP contribution in [0.25, 0.3) is 15.9 Å². The van der Waals surface area contributed by atoms with Crippen molar-refractivity contribution in [3.05, 3.63) is 22.6 Å². The molecule has 0 fully saturated rings. The van der Waals surface area contributed by atoms with Gasteiger partial charge < -0.3 is 10.1 Å². The Balaban J connectivity index is 1.72. The molecule has 3 aromatic rings. The molecule has 1 aliphatic rings. The van der Waals surface area contributed by atoms with Crippen LogP contribution in [-0.2, 0) is 17.6 Å². The lowest BCUT2D eigenvalue weighted by molar-refractivity contribution is 0.0927. The fourth-order valence-corrected chi connectivity index (χ4v) is 5.02. The number of nitrogens with one attached hydrogen (secondary N) is 1. The molecule has 1 amide bonds. The Morgan fingerprint density at radius 2 is 2.26 bits per heavy atom. The molecule has 1 N–H and O–H groups in total. The summed E-state index contributed by atoms with van der Waals surface area (Å²) in [5.74, 6) is 0.554. The number of fused-ring (bicyclic) bond motifs is 5. The highest BCUT2D eigenvalue weighted by atomic mass is 32.1. The average molecular weight is 388 g/mol. The van der Waals surface area contributed by atoms with E-state index in [1.54, 1.807) is 29.3 Å². The van der Waals surface area contributed by atoms with Gasteiger partial charge in [0, 0.05) is 18.5 Å². The minimum Gasteiger partial charge on any atom is -0.383 e. The van der Waals surface area contributed by atoms with E-state index < -0.39 is 0 Å². The molecule has 1 aliphatic carbocycles. The van der Waals surface area contributed by atoms with Gasteiger partial charge in [-0.3, -0.25) is 4.79 Å². The second kappa shape index (κ2) is 6.83. The molecule has 27 heavy (non-hydrogen) atoms. The largest absolute Gasteiger partial charge is 0.383 e. The number of hydrogen-bond acceptors (Lipinski definition) is 6. The van der Waals surface area contributed by atoms with Crippen LogP contribution in [-0.4, -0.2) is 45.8 Å². The van der Waals surface area contributed by atoms with Crippen molar-refractivity contribution < 1.29 is 9.53 Å². The minimum atomic E-state index is -0.291. The van der Waals surface area contributed by atoms with E-state index >= 15 is 0 Å². The number of amides is 1. The molecule has 0 bridgehead atoms. The van der Waals surface area contributed by atoms with Crippen LogP contribution >= 0.6 is 11.3 Å². The Morgan fingerprint density at radius 1 is 1.44 bits per heavy atom. The van der Waals surface area contributed by atoms with E-state index in [0.717, 1.165) is 28.7 Å². The topological polar surface area (TPSA) is 81.4 Å². The van der Waals surface area contributed by atoms with E-state index in [1.807, 2.05) is 0 Å². The first-order chi connectivity index (χ1) is 12.9. The molecule has 0 aliphatic heterocycles. The number of hydrogen-bond donors (Lipinski definition) is 1. The van der Waals surface area contributed by atoms with Gasteiger partial charge in [0.25, 0.3) is 5.91 Å². The zero-order chi connectivity index (χ0) is 19.2. The summed E-state index contributed by atoms with van der Waals surface area (Å²) in [6.07, 6.45) is 4.94. The van der Waals surface area contributed by atoms with Gasteiger partial charge in [0.15, 0.2) is 5.65 Å². The maximum absolute atomic E-state index is 12.3. The van der Waals surface area contributed by atoms with E-state index in [0.29, 0.717) is 24.5 Å². The molecule has 3 heterocycles. The van der Waals surface area contributed by atoms with Gasteiger partial charge in [0.1, 0.15) is 11.2 Å². The normalized spacial score (nSPS) is 17.4. The number of nitrogens with zero attached hydrogens (tertiary/aromatic N) is 4. The Morgan fingerprint density at radius 3 is 3.00 bits per heavy atom. The second-order valence-electron chi connectivity index (χ2n) is 8.19. The van der Waals surface area contributed by atoms with Crippen LogP contribution in [0, 0.1) is 11.3 Å². The number of ether oxygens (including phenoxy) is 1. The molecule has 1 unspecified atom stereocenters. The first kappa shape index (κ1) is 18.3. The lowest BCUT2D eigenvalue weighted by atomic mass is 9.72. The van der Waals surface area contributed by atoms with Crippen molar-refractivity contribution in [2.45, 2.75) is 40.0 Å². The van der Waals surface area contributed by atoms with Crippen molar-refractivity contribution in [2.75, 3.05) is 20.3 Å². The van der Waals surface area contributed by atoms with Gasteiger partial charge in [0.2, 0.25) is 5.82 Å². The Kier molecular flexibility index (Phi) is 4.63. The van der Waals surface area contributed by atoms with Crippen LogP contribution in [0.2, 0.25) is 0 Å². The smallest absolute Gasteiger partial charge is 0.291 e. The number of rotatable bonds is 4. The van der Waals surface area contributed by atoms with Gasteiger partial charge in [-0.1, -0.05) is 20.8 Å². The fourth-order valence-electron chi connectivity index (χ4n) is 3.76. The molecule has 7 nitrogen and oxygen atoms in total. The average Bonchev–Trinajstić information content (AvgIpc) is 3.21. The summed E-state index contributed by atoms with van der Waals surface area (Å²) >= 11 is 1.76. The monoisotopic (exact) mass is 387 g/mol. The third kappa shape index (κ3) is 3.32. The first-order valence-electron chi connectivity index (χ1n) is 9.31. The third-order valence-electron chi connectivity index (χ3n) is 5.41. The molecule has 0 aromatic carbocycles. The minimum absolute atomic E-state index is 0.170. The van der Waals surface area contributed by atoms with Gasteiger partial charge in [-0.15, -0.1) is 16.4 Å². The number of aryl methyl sites for hydroxylation is 1. The molecule has 0 spiro atoms. The van der Waals surface area contributed by atoms with Crippen LogP contribution in [0.5, 0.6) is 0 Å². The van der Waals surface area contributed by atoms with Crippen LogP contribution < -0.4 is 5.32 Å². The highest BCUT2D eigenvalue weighted by molar-refractivity contribution is 7.19. The number of aromatic nitrogens is 4. The Labute approximate surface area is 162 Å². The summed E-state index contributed by atoms with van der Waals surface area (Å²) in [4.78, 5) is 23.8. The zero-order valence-electron chi connectivity index (χ0n) is 16.2. The summed E-state index contributed by atoms with van der Waals surface area (Å²) in [6, 6.07) is 0. The standard InChI is InChI=1S/C19H25N5O2S/c1-19(2,3)11-5-6-12-13(9-11)27-18-14(12)16-22-15(23-24(16)10-21-18)17(25)20-7-8-26-4/h10-11H,5-9H2,1-4H3,(H,20,25). The van der Waals surface area contributed by atoms with Crippen molar-refractivity contribution in [3.63, 3.8) is 0 Å². The van der Waals surface area contributed by atoms with Gasteiger partial charge in [-0.05, 0) is 36.2 Å². The summed E-state index contributed by atoms with van der Waals surface area (Å²) in [5.41, 5.74) is 2.37. The second-order valence-corrected chi connectivity index (χ2v) is 9.27. The van der Waals surface area contributed by atoms with Crippen molar-refractivity contribution in [3.8, 4) is 0 Å². The van der Waals surface area contributed by atoms with E-state index in [2.05, 4.69) is 41.2 Å². The van der Waals surface area contributed by atoms with Crippen LogP contribution in [0.3, 0.4) is 0 Å². The van der Waals surface area contributed by atoms with Crippen molar-refractivity contribution in [2.24, 2.45) is 11.3 Å². The maximum atomic E-state index is 12.3. The molecular formula is C19H25N5O2S. The zero-order valence-corrected chi connectivity index (χ0v) is 17.0. The molecule has 144 valence electrons. The number of thiophene rings is 1. The number of carbonyl (C=O) groups excluding carboxylic acids is 1. The maximum Gasteiger partial charge on any atom is 0.291 e. The van der Waals surface area contributed by atoms with E-state index in [1.165, 1.54) is 16.9 Å². The Hall–Kier alpha value is -2.06. The molecule has 0 saturated heterocycles. The summed E-state index contributed by atoms with van der Waals surface area (Å²) in [5, 5.41) is 8.15. The van der Waals surface area contributed by atoms with Gasteiger partial charge in [-0.2, -0.15) is 0 Å². The molecule has 8 heteroatoms. The molecular weight excluding hydrogens is 362 g/mol. The molecule has 0 radical (unpaired) electrons. The molecule has 3 aromatic heterocycles. The van der Waals surface area contributed by atoms with Crippen LogP contribution in [0.4, 0.5) is 0 Å². The molecule has 1 atom stereocenters. The fraction of sp³-hybridized carbons (Fsp3) is 0.579. The van der Waals surface area contributed by atoms with Gasteiger partial charge >= 0.3 is 0 Å². The highest BCUT2D eigenvalue weighted by Gasteiger charge is 2.32. The highest BCUT2D eigenvalue weighted by Crippen LogP contribution is 2.43.